The zero-order valence-electron chi connectivity index (χ0n) is 18.8. The largest absolute Gasteiger partial charge is 0.417 e. The van der Waals surface area contributed by atoms with E-state index in [1.165, 1.54) is 12.1 Å². The van der Waals surface area contributed by atoms with E-state index in [2.05, 4.69) is 4.98 Å². The summed E-state index contributed by atoms with van der Waals surface area (Å²) in [5.41, 5.74) is 1.45. The van der Waals surface area contributed by atoms with E-state index in [-0.39, 0.29) is 16.3 Å². The molecule has 180 valence electrons. The minimum atomic E-state index is -4.52. The maximum Gasteiger partial charge on any atom is 0.417 e. The monoisotopic (exact) mass is 497 g/mol. The second kappa shape index (κ2) is 8.57. The van der Waals surface area contributed by atoms with Gasteiger partial charge in [0.25, 0.3) is 0 Å². The number of aromatic nitrogens is 2. The first-order valence-corrected chi connectivity index (χ1v) is 12.9. The van der Waals surface area contributed by atoms with E-state index in [9.17, 15) is 21.6 Å². The Hall–Kier alpha value is -3.59. The highest BCUT2D eigenvalue weighted by atomic mass is 32.2. The summed E-state index contributed by atoms with van der Waals surface area (Å²) in [6, 6.07) is 19.3. The number of rotatable bonds is 5. The van der Waals surface area contributed by atoms with Crippen molar-refractivity contribution in [2.45, 2.75) is 17.5 Å². The number of halogens is 3. The molecule has 2 heterocycles. The maximum atomic E-state index is 13.8. The average Bonchev–Trinajstić information content (AvgIpc) is 3.21. The van der Waals surface area contributed by atoms with Crippen LogP contribution in [0.1, 0.15) is 12.0 Å². The van der Waals surface area contributed by atoms with Gasteiger partial charge in [-0.3, -0.25) is 4.57 Å². The van der Waals surface area contributed by atoms with Gasteiger partial charge in [-0.1, -0.05) is 42.5 Å². The van der Waals surface area contributed by atoms with E-state index in [1.54, 1.807) is 47.2 Å². The number of hydrogen-bond acceptors (Lipinski definition) is 4. The number of imidazole rings is 1. The fraction of sp³-hybridized carbons (Fsp3) is 0.192. The molecule has 9 heteroatoms. The van der Waals surface area contributed by atoms with Crippen molar-refractivity contribution in [3.63, 3.8) is 0 Å². The van der Waals surface area contributed by atoms with Crippen molar-refractivity contribution in [1.82, 2.24) is 9.55 Å². The zero-order valence-corrected chi connectivity index (χ0v) is 19.6. The highest BCUT2D eigenvalue weighted by molar-refractivity contribution is 7.90. The topological polar surface area (TPSA) is 55.2 Å². The summed E-state index contributed by atoms with van der Waals surface area (Å²) >= 11 is 0. The first-order chi connectivity index (χ1) is 16.6. The second-order valence-electron chi connectivity index (χ2n) is 8.52. The van der Waals surface area contributed by atoms with Crippen molar-refractivity contribution in [2.24, 2.45) is 0 Å². The Morgan fingerprint density at radius 3 is 2.23 bits per heavy atom. The van der Waals surface area contributed by atoms with Crippen molar-refractivity contribution in [3.8, 4) is 28.2 Å². The Balaban J connectivity index is 1.59. The molecule has 0 amide bonds. The number of alkyl halides is 3. The molecule has 4 aromatic rings. The molecule has 1 aromatic heterocycles. The third-order valence-corrected chi connectivity index (χ3v) is 7.20. The number of anilines is 1. The minimum Gasteiger partial charge on any atom is -0.355 e. The van der Waals surface area contributed by atoms with Crippen LogP contribution in [0.15, 0.2) is 83.9 Å². The van der Waals surface area contributed by atoms with E-state index in [1.807, 2.05) is 23.1 Å². The molecule has 0 radical (unpaired) electrons. The van der Waals surface area contributed by atoms with Gasteiger partial charge in [0.1, 0.15) is 11.6 Å². The van der Waals surface area contributed by atoms with Crippen molar-refractivity contribution in [2.75, 3.05) is 24.2 Å². The van der Waals surface area contributed by atoms with Crippen molar-refractivity contribution in [3.05, 3.63) is 84.6 Å². The summed E-state index contributed by atoms with van der Waals surface area (Å²) in [6.07, 6.45) is -0.577. The van der Waals surface area contributed by atoms with Gasteiger partial charge in [-0.15, -0.1) is 0 Å². The molecule has 1 aliphatic rings. The molecule has 1 saturated heterocycles. The molecule has 1 fully saturated rings. The summed E-state index contributed by atoms with van der Waals surface area (Å²) in [5, 5.41) is 0. The summed E-state index contributed by atoms with van der Waals surface area (Å²) < 4.78 is 66.8. The first-order valence-electron chi connectivity index (χ1n) is 11.0. The van der Waals surface area contributed by atoms with Crippen LogP contribution in [0.2, 0.25) is 0 Å². The lowest BCUT2D eigenvalue weighted by Crippen LogP contribution is -2.37. The van der Waals surface area contributed by atoms with Gasteiger partial charge in [-0.25, -0.2) is 13.4 Å². The molecule has 0 aliphatic carbocycles. The third-order valence-electron chi connectivity index (χ3n) is 6.09. The normalized spacial score (nSPS) is 14.1. The van der Waals surface area contributed by atoms with Gasteiger partial charge >= 0.3 is 6.18 Å². The van der Waals surface area contributed by atoms with Gasteiger partial charge in [0.2, 0.25) is 0 Å². The Kier molecular flexibility index (Phi) is 5.67. The number of benzene rings is 3. The smallest absolute Gasteiger partial charge is 0.355 e. The van der Waals surface area contributed by atoms with Gasteiger partial charge in [-0.2, -0.15) is 13.2 Å². The van der Waals surface area contributed by atoms with Crippen LogP contribution in [-0.4, -0.2) is 37.3 Å². The van der Waals surface area contributed by atoms with Crippen LogP contribution in [0.25, 0.3) is 28.2 Å². The average molecular weight is 498 g/mol. The van der Waals surface area contributed by atoms with Crippen LogP contribution in [0.3, 0.4) is 0 Å². The van der Waals surface area contributed by atoms with E-state index in [0.717, 1.165) is 43.0 Å². The molecule has 0 atom stereocenters. The Labute approximate surface area is 201 Å². The standard InChI is InChI=1S/C26H22F3N3O2S/c1-35(33,34)21-7-4-6-19(16-21)18-10-12-20(13-11-18)32-17-24(31-14-5-15-31)30-25(32)22-8-2-3-9-23(22)26(27,28)29/h2-4,6-13,16-17H,5,14-15H2,1H3. The Bertz CT molecular complexity index is 1490. The molecule has 0 bridgehead atoms. The highest BCUT2D eigenvalue weighted by Gasteiger charge is 2.35. The predicted octanol–water partition coefficient (Wildman–Crippen LogP) is 5.84. The van der Waals surface area contributed by atoms with E-state index >= 15 is 0 Å². The third kappa shape index (κ3) is 4.55. The predicted molar refractivity (Wildman–Crippen MR) is 129 cm³/mol. The molecule has 0 N–H and O–H groups in total. The van der Waals surface area contributed by atoms with Crippen LogP contribution in [0.5, 0.6) is 0 Å². The first kappa shape index (κ1) is 23.2. The van der Waals surface area contributed by atoms with E-state index < -0.39 is 21.6 Å². The molecular weight excluding hydrogens is 475 g/mol. The van der Waals surface area contributed by atoms with Crippen LogP contribution < -0.4 is 4.90 Å². The zero-order chi connectivity index (χ0) is 24.8. The van der Waals surface area contributed by atoms with E-state index in [4.69, 9.17) is 0 Å². The lowest BCUT2D eigenvalue weighted by Gasteiger charge is -2.30. The molecule has 0 spiro atoms. The van der Waals surface area contributed by atoms with Crippen LogP contribution in [0.4, 0.5) is 19.0 Å². The molecule has 0 unspecified atom stereocenters. The number of sulfone groups is 1. The van der Waals surface area contributed by atoms with Gasteiger partial charge in [0.15, 0.2) is 9.84 Å². The molecule has 1 aliphatic heterocycles. The Morgan fingerprint density at radius 1 is 0.886 bits per heavy atom. The summed E-state index contributed by atoms with van der Waals surface area (Å²) in [6.45, 7) is 1.62. The molecule has 5 rings (SSSR count). The SMILES string of the molecule is CS(=O)(=O)c1cccc(-c2ccc(-n3cc(N4CCC4)nc3-c3ccccc3C(F)(F)F)cc2)c1. The molecule has 35 heavy (non-hydrogen) atoms. The van der Waals surface area contributed by atoms with Crippen LogP contribution in [0, 0.1) is 0 Å². The van der Waals surface area contributed by atoms with Gasteiger partial charge in [0, 0.05) is 30.6 Å². The fourth-order valence-electron chi connectivity index (χ4n) is 4.10. The fourth-order valence-corrected chi connectivity index (χ4v) is 4.77. The summed E-state index contributed by atoms with van der Waals surface area (Å²) in [5.74, 6) is 0.847. The lowest BCUT2D eigenvalue weighted by atomic mass is 10.0. The van der Waals surface area contributed by atoms with Crippen LogP contribution >= 0.6 is 0 Å². The molecule has 0 saturated carbocycles. The van der Waals surface area contributed by atoms with Crippen molar-refractivity contribution >= 4 is 15.7 Å². The molecule has 3 aromatic carbocycles. The lowest BCUT2D eigenvalue weighted by molar-refractivity contribution is -0.137. The quantitative estimate of drug-likeness (QED) is 0.348. The van der Waals surface area contributed by atoms with Gasteiger partial charge in [0.05, 0.1) is 16.7 Å². The molecule has 5 nitrogen and oxygen atoms in total. The minimum absolute atomic E-state index is 0.0108. The number of nitrogens with zero attached hydrogens (tertiary/aromatic N) is 3. The summed E-state index contributed by atoms with van der Waals surface area (Å²) in [4.78, 5) is 6.84. The number of hydrogen-bond donors (Lipinski definition) is 0. The maximum absolute atomic E-state index is 13.8. The van der Waals surface area contributed by atoms with Crippen molar-refractivity contribution in [1.29, 1.82) is 0 Å². The second-order valence-corrected chi connectivity index (χ2v) is 10.5. The highest BCUT2D eigenvalue weighted by Crippen LogP contribution is 2.38. The van der Waals surface area contributed by atoms with Crippen LogP contribution in [-0.2, 0) is 16.0 Å². The van der Waals surface area contributed by atoms with E-state index in [0.29, 0.717) is 11.5 Å². The summed E-state index contributed by atoms with van der Waals surface area (Å²) in [7, 11) is -3.35. The van der Waals surface area contributed by atoms with Gasteiger partial charge < -0.3 is 4.90 Å². The Morgan fingerprint density at radius 2 is 1.60 bits per heavy atom. The molecular formula is C26H22F3N3O2S. The van der Waals surface area contributed by atoms with Crippen molar-refractivity contribution < 1.29 is 21.6 Å². The van der Waals surface area contributed by atoms with Gasteiger partial charge in [-0.05, 0) is 47.9 Å².